The van der Waals surface area contributed by atoms with Crippen molar-refractivity contribution >= 4 is 0 Å². The SMILES string of the molecule is CCCN(C)Cc1cc(CNCC(C)C)co1. The zero-order valence-electron chi connectivity index (χ0n) is 11.6. The van der Waals surface area contributed by atoms with Gasteiger partial charge in [-0.25, -0.2) is 0 Å². The minimum absolute atomic E-state index is 0.692. The Labute approximate surface area is 105 Å². The van der Waals surface area contributed by atoms with Crippen molar-refractivity contribution in [1.29, 1.82) is 0 Å². The summed E-state index contributed by atoms with van der Waals surface area (Å²) in [7, 11) is 2.13. The van der Waals surface area contributed by atoms with Crippen molar-refractivity contribution < 1.29 is 4.42 Å². The summed E-state index contributed by atoms with van der Waals surface area (Å²) in [6.45, 7) is 10.6. The van der Waals surface area contributed by atoms with Crippen LogP contribution in [0.4, 0.5) is 0 Å². The van der Waals surface area contributed by atoms with E-state index in [0.717, 1.165) is 31.9 Å². The Bertz CT molecular complexity index is 307. The van der Waals surface area contributed by atoms with Crippen LogP contribution >= 0.6 is 0 Å². The molecule has 0 saturated heterocycles. The van der Waals surface area contributed by atoms with E-state index in [-0.39, 0.29) is 0 Å². The van der Waals surface area contributed by atoms with Gasteiger partial charge in [0, 0.05) is 12.1 Å². The van der Waals surface area contributed by atoms with E-state index >= 15 is 0 Å². The van der Waals surface area contributed by atoms with Crippen molar-refractivity contribution in [3.63, 3.8) is 0 Å². The zero-order valence-corrected chi connectivity index (χ0v) is 11.6. The topological polar surface area (TPSA) is 28.4 Å². The Morgan fingerprint density at radius 2 is 2.18 bits per heavy atom. The molecule has 1 N–H and O–H groups in total. The number of rotatable bonds is 8. The van der Waals surface area contributed by atoms with Crippen LogP contribution in [0.2, 0.25) is 0 Å². The van der Waals surface area contributed by atoms with Gasteiger partial charge in [-0.3, -0.25) is 4.90 Å². The molecule has 0 amide bonds. The van der Waals surface area contributed by atoms with Gasteiger partial charge in [0.25, 0.3) is 0 Å². The summed E-state index contributed by atoms with van der Waals surface area (Å²) < 4.78 is 5.56. The van der Waals surface area contributed by atoms with Crippen molar-refractivity contribution in [3.8, 4) is 0 Å². The second-order valence-corrected chi connectivity index (χ2v) is 5.18. The summed E-state index contributed by atoms with van der Waals surface area (Å²) in [5.41, 5.74) is 1.24. The fourth-order valence-corrected chi connectivity index (χ4v) is 1.83. The second kappa shape index (κ2) is 7.51. The van der Waals surface area contributed by atoms with Gasteiger partial charge in [0.05, 0.1) is 12.8 Å². The van der Waals surface area contributed by atoms with Crippen molar-refractivity contribution in [2.45, 2.75) is 40.3 Å². The fourth-order valence-electron chi connectivity index (χ4n) is 1.83. The van der Waals surface area contributed by atoms with Gasteiger partial charge < -0.3 is 9.73 Å². The average molecular weight is 238 g/mol. The third-order valence-electron chi connectivity index (χ3n) is 2.62. The predicted molar refractivity (Wildman–Crippen MR) is 71.9 cm³/mol. The monoisotopic (exact) mass is 238 g/mol. The first-order valence-electron chi connectivity index (χ1n) is 6.57. The summed E-state index contributed by atoms with van der Waals surface area (Å²) in [5.74, 6) is 1.75. The summed E-state index contributed by atoms with van der Waals surface area (Å²) >= 11 is 0. The molecule has 98 valence electrons. The summed E-state index contributed by atoms with van der Waals surface area (Å²) in [6, 6.07) is 2.15. The number of hydrogen-bond donors (Lipinski definition) is 1. The zero-order chi connectivity index (χ0) is 12.7. The van der Waals surface area contributed by atoms with E-state index in [2.05, 4.69) is 44.1 Å². The summed E-state index contributed by atoms with van der Waals surface area (Å²) in [5, 5.41) is 3.42. The van der Waals surface area contributed by atoms with Crippen molar-refractivity contribution in [2.75, 3.05) is 20.1 Å². The van der Waals surface area contributed by atoms with E-state index in [1.165, 1.54) is 12.0 Å². The molecule has 0 spiro atoms. The highest BCUT2D eigenvalue weighted by atomic mass is 16.3. The minimum atomic E-state index is 0.692. The third kappa shape index (κ3) is 5.89. The largest absolute Gasteiger partial charge is 0.468 e. The smallest absolute Gasteiger partial charge is 0.118 e. The van der Waals surface area contributed by atoms with Crippen molar-refractivity contribution in [1.82, 2.24) is 10.2 Å². The molecule has 0 saturated carbocycles. The first-order valence-corrected chi connectivity index (χ1v) is 6.57. The first-order chi connectivity index (χ1) is 8.11. The Kier molecular flexibility index (Phi) is 6.30. The molecule has 0 bridgehead atoms. The summed E-state index contributed by atoms with van der Waals surface area (Å²) in [4.78, 5) is 2.28. The van der Waals surface area contributed by atoms with Gasteiger partial charge in [-0.05, 0) is 38.5 Å². The van der Waals surface area contributed by atoms with E-state index < -0.39 is 0 Å². The molecule has 0 fully saturated rings. The van der Waals surface area contributed by atoms with Gasteiger partial charge in [-0.15, -0.1) is 0 Å². The molecule has 0 aliphatic heterocycles. The minimum Gasteiger partial charge on any atom is -0.468 e. The van der Waals surface area contributed by atoms with E-state index in [4.69, 9.17) is 4.42 Å². The maximum atomic E-state index is 5.56. The van der Waals surface area contributed by atoms with Crippen LogP contribution in [0, 0.1) is 5.92 Å². The van der Waals surface area contributed by atoms with Crippen LogP contribution in [0.25, 0.3) is 0 Å². The highest BCUT2D eigenvalue weighted by Crippen LogP contribution is 2.10. The lowest BCUT2D eigenvalue weighted by molar-refractivity contribution is 0.295. The Morgan fingerprint density at radius 3 is 2.82 bits per heavy atom. The van der Waals surface area contributed by atoms with Crippen LogP contribution in [0.15, 0.2) is 16.7 Å². The molecule has 0 aliphatic carbocycles. The number of furan rings is 1. The standard InChI is InChI=1S/C14H26N2O/c1-5-6-16(4)10-14-7-13(11-17-14)9-15-8-12(2)3/h7,11-12,15H,5-6,8-10H2,1-4H3. The Hall–Kier alpha value is -0.800. The van der Waals surface area contributed by atoms with E-state index in [1.807, 2.05) is 6.26 Å². The molecule has 3 nitrogen and oxygen atoms in total. The average Bonchev–Trinajstić information content (AvgIpc) is 2.65. The van der Waals surface area contributed by atoms with Gasteiger partial charge in [-0.2, -0.15) is 0 Å². The maximum Gasteiger partial charge on any atom is 0.118 e. The number of nitrogens with one attached hydrogen (secondary N) is 1. The van der Waals surface area contributed by atoms with Gasteiger partial charge >= 0.3 is 0 Å². The lowest BCUT2D eigenvalue weighted by Crippen LogP contribution is -2.19. The molecule has 0 atom stereocenters. The van der Waals surface area contributed by atoms with Gasteiger partial charge in [0.2, 0.25) is 0 Å². The molecule has 0 aromatic carbocycles. The molecule has 0 unspecified atom stereocenters. The van der Waals surface area contributed by atoms with Crippen LogP contribution < -0.4 is 5.32 Å². The Balaban J connectivity index is 2.32. The summed E-state index contributed by atoms with van der Waals surface area (Å²) in [6.07, 6.45) is 3.04. The number of nitrogens with zero attached hydrogens (tertiary/aromatic N) is 1. The molecule has 1 rings (SSSR count). The van der Waals surface area contributed by atoms with E-state index in [1.54, 1.807) is 0 Å². The molecule has 1 heterocycles. The molecule has 0 radical (unpaired) electrons. The quantitative estimate of drug-likeness (QED) is 0.755. The van der Waals surface area contributed by atoms with Gasteiger partial charge in [0.1, 0.15) is 5.76 Å². The molecule has 17 heavy (non-hydrogen) atoms. The molecule has 0 aliphatic rings. The molecule has 1 aromatic heterocycles. The van der Waals surface area contributed by atoms with E-state index in [0.29, 0.717) is 5.92 Å². The first kappa shape index (κ1) is 14.3. The molecule has 1 aromatic rings. The number of hydrogen-bond acceptors (Lipinski definition) is 3. The van der Waals surface area contributed by atoms with Crippen molar-refractivity contribution in [3.05, 3.63) is 23.7 Å². The third-order valence-corrected chi connectivity index (χ3v) is 2.62. The van der Waals surface area contributed by atoms with Gasteiger partial charge in [-0.1, -0.05) is 20.8 Å². The highest BCUT2D eigenvalue weighted by Gasteiger charge is 2.05. The maximum absolute atomic E-state index is 5.56. The molecule has 3 heteroatoms. The van der Waals surface area contributed by atoms with Crippen LogP contribution in [0.5, 0.6) is 0 Å². The Morgan fingerprint density at radius 1 is 1.41 bits per heavy atom. The van der Waals surface area contributed by atoms with E-state index in [9.17, 15) is 0 Å². The van der Waals surface area contributed by atoms with Crippen LogP contribution in [-0.2, 0) is 13.1 Å². The predicted octanol–water partition coefficient (Wildman–Crippen LogP) is 2.87. The lowest BCUT2D eigenvalue weighted by Gasteiger charge is -2.12. The second-order valence-electron chi connectivity index (χ2n) is 5.18. The van der Waals surface area contributed by atoms with Gasteiger partial charge in [0.15, 0.2) is 0 Å². The molecular formula is C14H26N2O. The van der Waals surface area contributed by atoms with Crippen molar-refractivity contribution in [2.24, 2.45) is 5.92 Å². The highest BCUT2D eigenvalue weighted by molar-refractivity contribution is 5.12. The van der Waals surface area contributed by atoms with Crippen LogP contribution in [0.1, 0.15) is 38.5 Å². The van der Waals surface area contributed by atoms with Crippen LogP contribution in [0.3, 0.4) is 0 Å². The fraction of sp³-hybridized carbons (Fsp3) is 0.714. The molecular weight excluding hydrogens is 212 g/mol. The van der Waals surface area contributed by atoms with Crippen LogP contribution in [-0.4, -0.2) is 25.0 Å². The normalized spacial score (nSPS) is 11.6. The lowest BCUT2D eigenvalue weighted by atomic mass is 10.2.